The fourth-order valence-corrected chi connectivity index (χ4v) is 4.40. The molecule has 124 valence electrons. The van der Waals surface area contributed by atoms with Crippen molar-refractivity contribution < 1.29 is 4.79 Å². The summed E-state index contributed by atoms with van der Waals surface area (Å²) in [6.07, 6.45) is 1.98. The molecule has 1 aliphatic heterocycles. The number of nitrogens with zero attached hydrogens (tertiary/aromatic N) is 3. The van der Waals surface area contributed by atoms with Crippen molar-refractivity contribution in [3.8, 4) is 5.69 Å². The van der Waals surface area contributed by atoms with Gasteiger partial charge in [-0.25, -0.2) is 4.68 Å². The third kappa shape index (κ3) is 2.61. The predicted molar refractivity (Wildman–Crippen MR) is 96.8 cm³/mol. The number of carbonyl (C=O) groups is 1. The van der Waals surface area contributed by atoms with E-state index < -0.39 is 0 Å². The standard InChI is InChI=1S/C18H20N4OS/c1-12-15-10-16(17(23)21-9-5-6-13(19)11-21)24-18(15)22(20-12)14-7-3-2-4-8-14/h2-4,7-8,10,13H,5-6,9,11,19H2,1H3. The minimum absolute atomic E-state index is 0.0883. The number of fused-ring (bicyclic) bond motifs is 1. The Labute approximate surface area is 144 Å². The van der Waals surface area contributed by atoms with Crippen molar-refractivity contribution in [1.29, 1.82) is 0 Å². The number of benzene rings is 1. The molecule has 0 aliphatic carbocycles. The highest BCUT2D eigenvalue weighted by Crippen LogP contribution is 2.31. The number of nitrogens with two attached hydrogens (primary N) is 1. The van der Waals surface area contributed by atoms with Gasteiger partial charge in [0, 0.05) is 24.5 Å². The second-order valence-electron chi connectivity index (χ2n) is 6.32. The molecule has 1 amide bonds. The molecule has 1 saturated heterocycles. The van der Waals surface area contributed by atoms with Crippen LogP contribution in [-0.2, 0) is 0 Å². The number of aryl methyl sites for hydroxylation is 1. The van der Waals surface area contributed by atoms with Crippen molar-refractivity contribution in [3.05, 3.63) is 47.0 Å². The Hall–Kier alpha value is -2.18. The van der Waals surface area contributed by atoms with E-state index in [0.717, 1.165) is 45.9 Å². The lowest BCUT2D eigenvalue weighted by Crippen LogP contribution is -2.45. The first kappa shape index (κ1) is 15.4. The summed E-state index contributed by atoms with van der Waals surface area (Å²) in [7, 11) is 0. The van der Waals surface area contributed by atoms with E-state index in [4.69, 9.17) is 5.73 Å². The second-order valence-corrected chi connectivity index (χ2v) is 7.35. The van der Waals surface area contributed by atoms with Gasteiger partial charge in [-0.2, -0.15) is 5.10 Å². The smallest absolute Gasteiger partial charge is 0.264 e. The Balaban J connectivity index is 1.72. The first-order valence-electron chi connectivity index (χ1n) is 8.23. The van der Waals surface area contributed by atoms with Crippen molar-refractivity contribution in [2.75, 3.05) is 13.1 Å². The van der Waals surface area contributed by atoms with Gasteiger partial charge in [0.2, 0.25) is 0 Å². The first-order valence-corrected chi connectivity index (χ1v) is 9.04. The van der Waals surface area contributed by atoms with E-state index in [-0.39, 0.29) is 11.9 Å². The zero-order valence-corrected chi connectivity index (χ0v) is 14.4. The topological polar surface area (TPSA) is 64.2 Å². The minimum atomic E-state index is 0.0883. The molecule has 2 aromatic heterocycles. The number of piperidine rings is 1. The van der Waals surface area contributed by atoms with E-state index in [1.165, 1.54) is 11.3 Å². The van der Waals surface area contributed by atoms with Crippen molar-refractivity contribution in [3.63, 3.8) is 0 Å². The average molecular weight is 340 g/mol. The molecular weight excluding hydrogens is 320 g/mol. The van der Waals surface area contributed by atoms with Gasteiger partial charge < -0.3 is 10.6 Å². The van der Waals surface area contributed by atoms with Crippen LogP contribution < -0.4 is 5.73 Å². The third-order valence-corrected chi connectivity index (χ3v) is 5.60. The number of aromatic nitrogens is 2. The summed E-state index contributed by atoms with van der Waals surface area (Å²) in [6.45, 7) is 3.43. The molecule has 0 saturated carbocycles. The van der Waals surface area contributed by atoms with E-state index in [0.29, 0.717) is 6.54 Å². The lowest BCUT2D eigenvalue weighted by molar-refractivity contribution is 0.0714. The Morgan fingerprint density at radius 3 is 2.88 bits per heavy atom. The van der Waals surface area contributed by atoms with E-state index in [9.17, 15) is 4.79 Å². The Kier molecular flexibility index (Phi) is 3.86. The summed E-state index contributed by atoms with van der Waals surface area (Å²) in [5, 5.41) is 5.68. The third-order valence-electron chi connectivity index (χ3n) is 4.50. The number of hydrogen-bond donors (Lipinski definition) is 1. The normalized spacial score (nSPS) is 18.2. The van der Waals surface area contributed by atoms with Gasteiger partial charge in [0.15, 0.2) is 0 Å². The van der Waals surface area contributed by atoms with Gasteiger partial charge in [0.25, 0.3) is 5.91 Å². The molecule has 24 heavy (non-hydrogen) atoms. The number of hydrogen-bond acceptors (Lipinski definition) is 4. The van der Waals surface area contributed by atoms with Crippen LogP contribution in [0, 0.1) is 6.92 Å². The number of para-hydroxylation sites is 1. The predicted octanol–water partition coefficient (Wildman–Crippen LogP) is 2.96. The number of rotatable bonds is 2. The largest absolute Gasteiger partial charge is 0.336 e. The van der Waals surface area contributed by atoms with E-state index in [1.807, 2.05) is 52.9 Å². The molecule has 1 unspecified atom stereocenters. The maximum Gasteiger partial charge on any atom is 0.264 e. The van der Waals surface area contributed by atoms with Crippen LogP contribution >= 0.6 is 11.3 Å². The van der Waals surface area contributed by atoms with E-state index >= 15 is 0 Å². The van der Waals surface area contributed by atoms with Gasteiger partial charge >= 0.3 is 0 Å². The molecule has 1 atom stereocenters. The highest BCUT2D eigenvalue weighted by molar-refractivity contribution is 7.20. The minimum Gasteiger partial charge on any atom is -0.336 e. The van der Waals surface area contributed by atoms with Crippen LogP contribution in [0.15, 0.2) is 36.4 Å². The molecule has 1 fully saturated rings. The SMILES string of the molecule is Cc1nn(-c2ccccc2)c2sc(C(=O)N3CCCC(N)C3)cc12. The van der Waals surface area contributed by atoms with Gasteiger partial charge in [-0.1, -0.05) is 18.2 Å². The van der Waals surface area contributed by atoms with Crippen LogP contribution in [0.5, 0.6) is 0 Å². The lowest BCUT2D eigenvalue weighted by atomic mass is 10.1. The fraction of sp³-hybridized carbons (Fsp3) is 0.333. The van der Waals surface area contributed by atoms with Gasteiger partial charge in [-0.15, -0.1) is 11.3 Å². The molecule has 1 aromatic carbocycles. The summed E-state index contributed by atoms with van der Waals surface area (Å²) in [5.41, 5.74) is 7.97. The molecule has 0 radical (unpaired) electrons. The molecule has 1 aliphatic rings. The molecular formula is C18H20N4OS. The second kappa shape index (κ2) is 6.03. The Bertz CT molecular complexity index is 883. The van der Waals surface area contributed by atoms with Crippen molar-refractivity contribution >= 4 is 27.5 Å². The van der Waals surface area contributed by atoms with Crippen LogP contribution in [0.1, 0.15) is 28.2 Å². The number of likely N-dealkylation sites (tertiary alicyclic amines) is 1. The summed E-state index contributed by atoms with van der Waals surface area (Å²) >= 11 is 1.51. The van der Waals surface area contributed by atoms with Crippen LogP contribution in [0.3, 0.4) is 0 Å². The zero-order valence-electron chi connectivity index (χ0n) is 13.6. The summed E-state index contributed by atoms with van der Waals surface area (Å²) < 4.78 is 1.92. The molecule has 6 heteroatoms. The monoisotopic (exact) mass is 340 g/mol. The van der Waals surface area contributed by atoms with Gasteiger partial charge in [-0.05, 0) is 38.0 Å². The molecule has 4 rings (SSSR count). The zero-order chi connectivity index (χ0) is 16.7. The van der Waals surface area contributed by atoms with Gasteiger partial charge in [-0.3, -0.25) is 4.79 Å². The van der Waals surface area contributed by atoms with Crippen LogP contribution in [-0.4, -0.2) is 39.7 Å². The van der Waals surface area contributed by atoms with Crippen LogP contribution in [0.4, 0.5) is 0 Å². The van der Waals surface area contributed by atoms with E-state index in [2.05, 4.69) is 5.10 Å². The van der Waals surface area contributed by atoms with Crippen molar-refractivity contribution in [2.24, 2.45) is 5.73 Å². The molecule has 2 N–H and O–H groups in total. The maximum absolute atomic E-state index is 12.8. The number of thiophene rings is 1. The maximum atomic E-state index is 12.8. The fourth-order valence-electron chi connectivity index (χ4n) is 3.25. The van der Waals surface area contributed by atoms with Crippen LogP contribution in [0.25, 0.3) is 15.9 Å². The quantitative estimate of drug-likeness (QED) is 0.780. The Morgan fingerprint density at radius 2 is 2.12 bits per heavy atom. The number of carbonyl (C=O) groups excluding carboxylic acids is 1. The molecule has 0 bridgehead atoms. The summed E-state index contributed by atoms with van der Waals surface area (Å²) in [5.74, 6) is 0.0883. The van der Waals surface area contributed by atoms with Crippen molar-refractivity contribution in [2.45, 2.75) is 25.8 Å². The molecule has 3 heterocycles. The van der Waals surface area contributed by atoms with Gasteiger partial charge in [0.05, 0.1) is 16.3 Å². The summed E-state index contributed by atoms with van der Waals surface area (Å²) in [6, 6.07) is 12.1. The molecule has 5 nitrogen and oxygen atoms in total. The molecule has 0 spiro atoms. The van der Waals surface area contributed by atoms with E-state index in [1.54, 1.807) is 0 Å². The van der Waals surface area contributed by atoms with Gasteiger partial charge in [0.1, 0.15) is 4.83 Å². The lowest BCUT2D eigenvalue weighted by Gasteiger charge is -2.30. The molecule has 3 aromatic rings. The average Bonchev–Trinajstić information content (AvgIpc) is 3.16. The first-order chi connectivity index (χ1) is 11.6. The number of amides is 1. The highest BCUT2D eigenvalue weighted by Gasteiger charge is 2.25. The van der Waals surface area contributed by atoms with Crippen molar-refractivity contribution in [1.82, 2.24) is 14.7 Å². The van der Waals surface area contributed by atoms with Crippen LogP contribution in [0.2, 0.25) is 0 Å². The Morgan fingerprint density at radius 1 is 1.33 bits per heavy atom. The summed E-state index contributed by atoms with van der Waals surface area (Å²) in [4.78, 5) is 16.5. The highest BCUT2D eigenvalue weighted by atomic mass is 32.1.